The van der Waals surface area contributed by atoms with Gasteiger partial charge in [-0.15, -0.1) is 0 Å². The molecule has 2 aliphatic rings. The zero-order valence-electron chi connectivity index (χ0n) is 12.4. The van der Waals surface area contributed by atoms with Gasteiger partial charge in [0.15, 0.2) is 5.82 Å². The molecule has 0 radical (unpaired) electrons. The average Bonchev–Trinajstić information content (AvgIpc) is 3.10. The highest BCUT2D eigenvalue weighted by molar-refractivity contribution is 4.92. The molecule has 0 N–H and O–H groups in total. The molecule has 3 rings (SSSR count). The average molecular weight is 280 g/mol. The highest BCUT2D eigenvalue weighted by Gasteiger charge is 2.27. The Balaban J connectivity index is 1.48. The molecule has 0 saturated carbocycles. The first-order valence-electron chi connectivity index (χ1n) is 7.60. The minimum Gasteiger partial charge on any atom is -0.377 e. The largest absolute Gasteiger partial charge is 0.377 e. The van der Waals surface area contributed by atoms with E-state index in [1.54, 1.807) is 0 Å². The predicted octanol–water partition coefficient (Wildman–Crippen LogP) is 1.24. The van der Waals surface area contributed by atoms with Crippen LogP contribution in [0.3, 0.4) is 0 Å². The molecule has 2 atom stereocenters. The van der Waals surface area contributed by atoms with Crippen LogP contribution in [0, 0.1) is 6.92 Å². The summed E-state index contributed by atoms with van der Waals surface area (Å²) < 4.78 is 11.0. The van der Waals surface area contributed by atoms with E-state index < -0.39 is 0 Å². The van der Waals surface area contributed by atoms with E-state index in [4.69, 9.17) is 9.26 Å². The van der Waals surface area contributed by atoms with E-state index in [2.05, 4.69) is 26.9 Å². The third-order valence-corrected chi connectivity index (χ3v) is 4.34. The van der Waals surface area contributed by atoms with Crippen LogP contribution in [0.25, 0.3) is 0 Å². The molecule has 2 fully saturated rings. The highest BCUT2D eigenvalue weighted by atomic mass is 16.5. The number of hydrogen-bond acceptors (Lipinski definition) is 6. The first kappa shape index (κ1) is 14.0. The lowest BCUT2D eigenvalue weighted by molar-refractivity contribution is 0.0379. The molecule has 0 spiro atoms. The minimum atomic E-state index is 0.209. The van der Waals surface area contributed by atoms with E-state index in [-0.39, 0.29) is 6.04 Å². The Morgan fingerprint density at radius 2 is 2.10 bits per heavy atom. The SMILES string of the molecule is Cc1noc([C@H](C)N2CCN(C[C@H]3CCCO3)CC2)n1. The monoisotopic (exact) mass is 280 g/mol. The molecule has 0 aliphatic carbocycles. The molecule has 0 bridgehead atoms. The van der Waals surface area contributed by atoms with Crippen molar-refractivity contribution < 1.29 is 9.26 Å². The van der Waals surface area contributed by atoms with E-state index >= 15 is 0 Å². The smallest absolute Gasteiger partial charge is 0.243 e. The van der Waals surface area contributed by atoms with Gasteiger partial charge in [-0.05, 0) is 26.7 Å². The summed E-state index contributed by atoms with van der Waals surface area (Å²) in [5, 5.41) is 3.88. The molecule has 0 amide bonds. The van der Waals surface area contributed by atoms with E-state index in [0.29, 0.717) is 11.9 Å². The third-order valence-electron chi connectivity index (χ3n) is 4.34. The summed E-state index contributed by atoms with van der Waals surface area (Å²) in [6.45, 7) is 10.3. The predicted molar refractivity (Wildman–Crippen MR) is 74.4 cm³/mol. The zero-order chi connectivity index (χ0) is 13.9. The van der Waals surface area contributed by atoms with Crippen LogP contribution < -0.4 is 0 Å². The van der Waals surface area contributed by atoms with Gasteiger partial charge in [-0.2, -0.15) is 4.98 Å². The normalized spacial score (nSPS) is 27.0. The number of hydrogen-bond donors (Lipinski definition) is 0. The van der Waals surface area contributed by atoms with Crippen molar-refractivity contribution in [2.45, 2.75) is 38.8 Å². The fourth-order valence-corrected chi connectivity index (χ4v) is 3.05. The summed E-state index contributed by atoms with van der Waals surface area (Å²) in [6, 6.07) is 0.209. The highest BCUT2D eigenvalue weighted by Crippen LogP contribution is 2.21. The Morgan fingerprint density at radius 3 is 2.70 bits per heavy atom. The van der Waals surface area contributed by atoms with Crippen LogP contribution >= 0.6 is 0 Å². The Kier molecular flexibility index (Phi) is 4.33. The number of ether oxygens (including phenoxy) is 1. The van der Waals surface area contributed by atoms with Crippen molar-refractivity contribution >= 4 is 0 Å². The maximum absolute atomic E-state index is 5.71. The van der Waals surface area contributed by atoms with E-state index in [9.17, 15) is 0 Å². The van der Waals surface area contributed by atoms with Gasteiger partial charge in [-0.25, -0.2) is 0 Å². The van der Waals surface area contributed by atoms with Crippen molar-refractivity contribution in [2.75, 3.05) is 39.3 Å². The van der Waals surface area contributed by atoms with Gasteiger partial charge in [0.05, 0.1) is 12.1 Å². The van der Waals surface area contributed by atoms with E-state index in [1.165, 1.54) is 12.8 Å². The summed E-state index contributed by atoms with van der Waals surface area (Å²) in [7, 11) is 0. The van der Waals surface area contributed by atoms with Crippen molar-refractivity contribution in [3.05, 3.63) is 11.7 Å². The van der Waals surface area contributed by atoms with Crippen LogP contribution in [0.5, 0.6) is 0 Å². The standard InChI is InChI=1S/C14H24N4O2/c1-11(14-15-12(2)16-20-14)18-7-5-17(6-8-18)10-13-4-3-9-19-13/h11,13H,3-10H2,1-2H3/t11-,13+/m0/s1. The van der Waals surface area contributed by atoms with E-state index in [0.717, 1.165) is 45.2 Å². The van der Waals surface area contributed by atoms with Gasteiger partial charge in [0.2, 0.25) is 5.89 Å². The fraction of sp³-hybridized carbons (Fsp3) is 0.857. The summed E-state index contributed by atoms with van der Waals surface area (Å²) >= 11 is 0. The Labute approximate surface area is 120 Å². The first-order valence-corrected chi connectivity index (χ1v) is 7.60. The van der Waals surface area contributed by atoms with Crippen molar-refractivity contribution in [3.8, 4) is 0 Å². The Morgan fingerprint density at radius 1 is 1.30 bits per heavy atom. The number of nitrogens with zero attached hydrogens (tertiary/aromatic N) is 4. The quantitative estimate of drug-likeness (QED) is 0.827. The van der Waals surface area contributed by atoms with Gasteiger partial charge >= 0.3 is 0 Å². The topological polar surface area (TPSA) is 54.6 Å². The minimum absolute atomic E-state index is 0.209. The van der Waals surface area contributed by atoms with Crippen LogP contribution in [0.1, 0.15) is 37.5 Å². The third kappa shape index (κ3) is 3.19. The second-order valence-corrected chi connectivity index (χ2v) is 5.83. The number of aryl methyl sites for hydroxylation is 1. The maximum Gasteiger partial charge on any atom is 0.243 e. The molecule has 1 aromatic heterocycles. The Hall–Kier alpha value is -0.980. The van der Waals surface area contributed by atoms with Crippen LogP contribution in [-0.4, -0.2) is 65.4 Å². The van der Waals surface area contributed by atoms with Gasteiger partial charge < -0.3 is 9.26 Å². The molecule has 0 aromatic carbocycles. The maximum atomic E-state index is 5.71. The van der Waals surface area contributed by atoms with Crippen LogP contribution in [0.2, 0.25) is 0 Å². The summed E-state index contributed by atoms with van der Waals surface area (Å²) in [5.41, 5.74) is 0. The van der Waals surface area contributed by atoms with Crippen molar-refractivity contribution in [1.82, 2.24) is 19.9 Å². The Bertz CT molecular complexity index is 423. The second-order valence-electron chi connectivity index (χ2n) is 5.83. The van der Waals surface area contributed by atoms with Gasteiger partial charge in [-0.3, -0.25) is 9.80 Å². The van der Waals surface area contributed by atoms with Gasteiger partial charge in [0, 0.05) is 39.3 Å². The van der Waals surface area contributed by atoms with Crippen LogP contribution in [0.15, 0.2) is 4.52 Å². The molecule has 2 aliphatic heterocycles. The molecule has 3 heterocycles. The molecule has 6 nitrogen and oxygen atoms in total. The van der Waals surface area contributed by atoms with Crippen molar-refractivity contribution in [2.24, 2.45) is 0 Å². The molecule has 6 heteroatoms. The van der Waals surface area contributed by atoms with Crippen molar-refractivity contribution in [3.63, 3.8) is 0 Å². The second kappa shape index (κ2) is 6.20. The summed E-state index contributed by atoms with van der Waals surface area (Å²) in [6.07, 6.45) is 2.90. The number of piperazine rings is 1. The lowest BCUT2D eigenvalue weighted by atomic mass is 10.2. The molecule has 2 saturated heterocycles. The molecule has 1 aromatic rings. The van der Waals surface area contributed by atoms with Gasteiger partial charge in [0.25, 0.3) is 0 Å². The van der Waals surface area contributed by atoms with Gasteiger partial charge in [-0.1, -0.05) is 5.16 Å². The van der Waals surface area contributed by atoms with E-state index in [1.807, 2.05) is 6.92 Å². The van der Waals surface area contributed by atoms with Crippen LogP contribution in [-0.2, 0) is 4.74 Å². The lowest BCUT2D eigenvalue weighted by Gasteiger charge is -2.37. The number of aromatic nitrogens is 2. The first-order chi connectivity index (χ1) is 9.72. The molecular formula is C14H24N4O2. The van der Waals surface area contributed by atoms with Gasteiger partial charge in [0.1, 0.15) is 0 Å². The number of rotatable bonds is 4. The fourth-order valence-electron chi connectivity index (χ4n) is 3.05. The molecular weight excluding hydrogens is 256 g/mol. The summed E-state index contributed by atoms with van der Waals surface area (Å²) in [5.74, 6) is 1.44. The molecule has 112 valence electrons. The van der Waals surface area contributed by atoms with Crippen molar-refractivity contribution in [1.29, 1.82) is 0 Å². The summed E-state index contributed by atoms with van der Waals surface area (Å²) in [4.78, 5) is 9.26. The lowest BCUT2D eigenvalue weighted by Crippen LogP contribution is -2.49. The zero-order valence-corrected chi connectivity index (χ0v) is 12.4. The molecule has 20 heavy (non-hydrogen) atoms. The van der Waals surface area contributed by atoms with Crippen LogP contribution in [0.4, 0.5) is 0 Å². The molecule has 0 unspecified atom stereocenters.